The molecule has 4 heteroatoms. The summed E-state index contributed by atoms with van der Waals surface area (Å²) in [7, 11) is 0. The van der Waals surface area contributed by atoms with Gasteiger partial charge < -0.3 is 4.42 Å². The second kappa shape index (κ2) is 14.5. The maximum Gasteiger partial charge on any atom is 0.162 e. The third-order valence-electron chi connectivity index (χ3n) is 11.1. The summed E-state index contributed by atoms with van der Waals surface area (Å²) in [5.74, 6) is 0.690. The van der Waals surface area contributed by atoms with Crippen molar-refractivity contribution in [3.63, 3.8) is 0 Å². The predicted molar refractivity (Wildman–Crippen MR) is 243 cm³/mol. The van der Waals surface area contributed by atoms with Gasteiger partial charge in [0.2, 0.25) is 0 Å². The van der Waals surface area contributed by atoms with Crippen LogP contribution in [0.3, 0.4) is 0 Å². The lowest BCUT2D eigenvalue weighted by atomic mass is 9.93. The molecule has 0 saturated heterocycles. The molecule has 0 fully saturated rings. The molecule has 0 unspecified atom stereocenters. The molecular weight excluding hydrogens is 719 g/mol. The lowest BCUT2D eigenvalue weighted by Gasteiger charge is -2.13. The topological polar surface area (TPSA) is 51.8 Å². The number of furan rings is 1. The van der Waals surface area contributed by atoms with Crippen molar-refractivity contribution in [1.82, 2.24) is 15.0 Å². The number of nitrogens with zero attached hydrogens (tertiary/aromatic N) is 3. The summed E-state index contributed by atoms with van der Waals surface area (Å²) in [6, 6.07) is 73.8. The molecular formula is C55H35N3O. The second-order valence-electron chi connectivity index (χ2n) is 14.8. The van der Waals surface area contributed by atoms with E-state index in [-0.39, 0.29) is 0 Å². The van der Waals surface area contributed by atoms with Crippen LogP contribution in [-0.2, 0) is 0 Å². The molecule has 3 aromatic heterocycles. The predicted octanol–water partition coefficient (Wildman–Crippen LogP) is 14.6. The number of hydrogen-bond donors (Lipinski definition) is 0. The Morgan fingerprint density at radius 2 is 0.847 bits per heavy atom. The molecule has 3 heterocycles. The van der Waals surface area contributed by atoms with Crippen LogP contribution in [0.5, 0.6) is 0 Å². The fraction of sp³-hybridized carbons (Fsp3) is 0. The van der Waals surface area contributed by atoms with Gasteiger partial charge in [-0.2, -0.15) is 0 Å². The zero-order valence-corrected chi connectivity index (χ0v) is 32.0. The first kappa shape index (κ1) is 34.3. The Morgan fingerprint density at radius 1 is 0.322 bits per heavy atom. The standard InChI is InChI=1S/C55H35N3O/c1-4-15-36(16-5-1)37-29-31-38(32-30-37)48-35-49(58-55(57-48)40-19-8-3-9-20-40)44-24-13-22-42(34-44)41-21-12-23-43(33-41)45-26-14-27-47-51(45)52-46-25-10-11-28-50(46)59-54(52)53(56-47)39-17-6-2-7-18-39/h1-35H. The molecule has 0 aliphatic rings. The zero-order valence-electron chi connectivity index (χ0n) is 32.0. The zero-order chi connectivity index (χ0) is 39.1. The quantitative estimate of drug-likeness (QED) is 0.163. The summed E-state index contributed by atoms with van der Waals surface area (Å²) in [6.45, 7) is 0. The van der Waals surface area contributed by atoms with E-state index in [1.54, 1.807) is 0 Å². The van der Waals surface area contributed by atoms with Crippen molar-refractivity contribution in [1.29, 1.82) is 0 Å². The molecule has 11 rings (SSSR count). The normalized spacial score (nSPS) is 11.4. The van der Waals surface area contributed by atoms with E-state index >= 15 is 0 Å². The van der Waals surface area contributed by atoms with Gasteiger partial charge in [0, 0.05) is 38.4 Å². The fourth-order valence-corrected chi connectivity index (χ4v) is 8.21. The van der Waals surface area contributed by atoms with Gasteiger partial charge in [-0.05, 0) is 63.7 Å². The molecule has 0 saturated carbocycles. The minimum absolute atomic E-state index is 0.690. The number of para-hydroxylation sites is 1. The second-order valence-corrected chi connectivity index (χ2v) is 14.8. The number of benzene rings is 8. The summed E-state index contributed by atoms with van der Waals surface area (Å²) >= 11 is 0. The summed E-state index contributed by atoms with van der Waals surface area (Å²) in [4.78, 5) is 15.5. The van der Waals surface area contributed by atoms with Crippen molar-refractivity contribution in [3.8, 4) is 78.5 Å². The van der Waals surface area contributed by atoms with Gasteiger partial charge in [0.25, 0.3) is 0 Å². The number of rotatable bonds is 7. The van der Waals surface area contributed by atoms with Gasteiger partial charge in [0.1, 0.15) is 11.3 Å². The van der Waals surface area contributed by atoms with Crippen LogP contribution >= 0.6 is 0 Å². The number of hydrogen-bond acceptors (Lipinski definition) is 4. The highest BCUT2D eigenvalue weighted by Crippen LogP contribution is 2.43. The van der Waals surface area contributed by atoms with E-state index in [1.807, 2.05) is 54.6 Å². The van der Waals surface area contributed by atoms with E-state index in [9.17, 15) is 0 Å². The van der Waals surface area contributed by atoms with Gasteiger partial charge >= 0.3 is 0 Å². The van der Waals surface area contributed by atoms with Gasteiger partial charge in [-0.3, -0.25) is 0 Å². The molecule has 0 spiro atoms. The first-order valence-corrected chi connectivity index (χ1v) is 19.8. The van der Waals surface area contributed by atoms with Crippen molar-refractivity contribution in [2.75, 3.05) is 0 Å². The monoisotopic (exact) mass is 753 g/mol. The SMILES string of the molecule is c1ccc(-c2ccc(-c3cc(-c4cccc(-c5cccc(-c6cccc7nc(-c8ccccc8)c8oc9ccccc9c8c67)c5)c4)nc(-c4ccccc4)n3)cc2)cc1. The highest BCUT2D eigenvalue weighted by atomic mass is 16.3. The Kier molecular flexibility index (Phi) is 8.45. The number of fused-ring (bicyclic) bond motifs is 5. The van der Waals surface area contributed by atoms with Crippen molar-refractivity contribution < 1.29 is 4.42 Å². The third kappa shape index (κ3) is 6.34. The van der Waals surface area contributed by atoms with Crippen molar-refractivity contribution in [3.05, 3.63) is 212 Å². The van der Waals surface area contributed by atoms with Crippen LogP contribution < -0.4 is 0 Å². The Bertz CT molecular complexity index is 3300. The van der Waals surface area contributed by atoms with E-state index < -0.39 is 0 Å². The molecule has 0 aliphatic carbocycles. The van der Waals surface area contributed by atoms with E-state index in [0.717, 1.165) is 94.4 Å². The summed E-state index contributed by atoms with van der Waals surface area (Å²) in [5, 5.41) is 3.24. The van der Waals surface area contributed by atoms with Crippen LogP contribution in [0.4, 0.5) is 0 Å². The molecule has 0 bridgehead atoms. The first-order chi connectivity index (χ1) is 29.2. The fourth-order valence-electron chi connectivity index (χ4n) is 8.21. The largest absolute Gasteiger partial charge is 0.454 e. The minimum Gasteiger partial charge on any atom is -0.454 e. The van der Waals surface area contributed by atoms with E-state index in [0.29, 0.717) is 5.82 Å². The average Bonchev–Trinajstić information content (AvgIpc) is 3.72. The highest BCUT2D eigenvalue weighted by Gasteiger charge is 2.20. The van der Waals surface area contributed by atoms with Crippen LogP contribution in [0, 0.1) is 0 Å². The summed E-state index contributed by atoms with van der Waals surface area (Å²) in [5.41, 5.74) is 16.0. The average molecular weight is 754 g/mol. The van der Waals surface area contributed by atoms with Gasteiger partial charge in [0.05, 0.1) is 16.9 Å². The molecule has 0 radical (unpaired) electrons. The van der Waals surface area contributed by atoms with Gasteiger partial charge in [0.15, 0.2) is 11.4 Å². The first-order valence-electron chi connectivity index (χ1n) is 19.8. The smallest absolute Gasteiger partial charge is 0.162 e. The van der Waals surface area contributed by atoms with Crippen molar-refractivity contribution in [2.24, 2.45) is 0 Å². The molecule has 0 aliphatic heterocycles. The van der Waals surface area contributed by atoms with E-state index in [4.69, 9.17) is 19.4 Å². The Morgan fingerprint density at radius 3 is 1.58 bits per heavy atom. The lowest BCUT2D eigenvalue weighted by molar-refractivity contribution is 0.669. The number of pyridine rings is 1. The Balaban J connectivity index is 1.02. The molecule has 0 N–H and O–H groups in total. The number of aromatic nitrogens is 3. The van der Waals surface area contributed by atoms with Crippen LogP contribution in [0.15, 0.2) is 217 Å². The van der Waals surface area contributed by atoms with Crippen LogP contribution in [-0.4, -0.2) is 15.0 Å². The maximum absolute atomic E-state index is 6.61. The molecule has 11 aromatic rings. The summed E-state index contributed by atoms with van der Waals surface area (Å²) in [6.07, 6.45) is 0. The van der Waals surface area contributed by atoms with Gasteiger partial charge in [-0.25, -0.2) is 15.0 Å². The molecule has 276 valence electrons. The molecule has 8 aromatic carbocycles. The molecule has 0 atom stereocenters. The Hall–Kier alpha value is -7.95. The van der Waals surface area contributed by atoms with Gasteiger partial charge in [-0.15, -0.1) is 0 Å². The van der Waals surface area contributed by atoms with Crippen LogP contribution in [0.1, 0.15) is 0 Å². The maximum atomic E-state index is 6.61. The molecule has 0 amide bonds. The Labute approximate surface area is 341 Å². The van der Waals surface area contributed by atoms with E-state index in [2.05, 4.69) is 158 Å². The van der Waals surface area contributed by atoms with Crippen LogP contribution in [0.25, 0.3) is 111 Å². The third-order valence-corrected chi connectivity index (χ3v) is 11.1. The van der Waals surface area contributed by atoms with Gasteiger partial charge in [-0.1, -0.05) is 182 Å². The lowest BCUT2D eigenvalue weighted by Crippen LogP contribution is -1.96. The molecule has 59 heavy (non-hydrogen) atoms. The van der Waals surface area contributed by atoms with Crippen molar-refractivity contribution >= 4 is 32.8 Å². The highest BCUT2D eigenvalue weighted by molar-refractivity contribution is 6.24. The minimum atomic E-state index is 0.690. The van der Waals surface area contributed by atoms with Crippen molar-refractivity contribution in [2.45, 2.75) is 0 Å². The molecule has 4 nitrogen and oxygen atoms in total. The van der Waals surface area contributed by atoms with E-state index in [1.165, 1.54) is 11.1 Å². The summed E-state index contributed by atoms with van der Waals surface area (Å²) < 4.78 is 6.61. The van der Waals surface area contributed by atoms with Crippen LogP contribution in [0.2, 0.25) is 0 Å².